The Hall–Kier alpha value is -2.41. The highest BCUT2D eigenvalue weighted by molar-refractivity contribution is 5.91. The number of pyridine rings is 1. The summed E-state index contributed by atoms with van der Waals surface area (Å²) >= 11 is 0. The van der Waals surface area contributed by atoms with Crippen molar-refractivity contribution in [2.75, 3.05) is 0 Å². The number of carbonyl (C=O) groups is 1. The van der Waals surface area contributed by atoms with Gasteiger partial charge in [0.15, 0.2) is 5.69 Å². The Morgan fingerprint density at radius 1 is 1.53 bits per heavy atom. The summed E-state index contributed by atoms with van der Waals surface area (Å²) in [6, 6.07) is 3.26. The average molecular weight is 200 g/mol. The van der Waals surface area contributed by atoms with E-state index in [0.717, 1.165) is 0 Å². The molecular formula is C11H8N2O2. The van der Waals surface area contributed by atoms with Crippen LogP contribution >= 0.6 is 0 Å². The first kappa shape index (κ1) is 10.7. The van der Waals surface area contributed by atoms with Gasteiger partial charge in [-0.05, 0) is 11.6 Å². The largest absolute Gasteiger partial charge is 0.476 e. The summed E-state index contributed by atoms with van der Waals surface area (Å²) in [4.78, 5) is 14.6. The molecule has 0 spiro atoms. The quantitative estimate of drug-likeness (QED) is 0.809. The maximum Gasteiger partial charge on any atom is 0.355 e. The number of carboxylic acids is 1. The lowest BCUT2D eigenvalue weighted by molar-refractivity contribution is 0.0690. The summed E-state index contributed by atoms with van der Waals surface area (Å²) in [6.45, 7) is 7.04. The minimum absolute atomic E-state index is 0.0490. The van der Waals surface area contributed by atoms with Gasteiger partial charge in [-0.25, -0.2) is 9.78 Å². The summed E-state index contributed by atoms with van der Waals surface area (Å²) < 4.78 is 0. The number of aromatic carboxylic acids is 1. The van der Waals surface area contributed by atoms with E-state index < -0.39 is 5.97 Å². The number of nitrogens with zero attached hydrogens (tertiary/aromatic N) is 2. The predicted octanol–water partition coefficient (Wildman–Crippen LogP) is 1.94. The van der Waals surface area contributed by atoms with Gasteiger partial charge in [-0.1, -0.05) is 25.3 Å². The molecule has 0 unspecified atom stereocenters. The van der Waals surface area contributed by atoms with Crippen LogP contribution in [0.25, 0.3) is 12.2 Å². The highest BCUT2D eigenvalue weighted by Gasteiger charge is 2.14. The molecule has 0 aliphatic carbocycles. The van der Waals surface area contributed by atoms with Gasteiger partial charge in [0, 0.05) is 5.56 Å². The predicted molar refractivity (Wildman–Crippen MR) is 56.1 cm³/mol. The molecule has 0 saturated heterocycles. The molecule has 0 radical (unpaired) electrons. The Morgan fingerprint density at radius 3 is 2.60 bits per heavy atom. The van der Waals surface area contributed by atoms with Gasteiger partial charge < -0.3 is 5.11 Å². The van der Waals surface area contributed by atoms with Crippen molar-refractivity contribution in [3.8, 4) is 6.07 Å². The molecule has 0 atom stereocenters. The molecule has 0 saturated carbocycles. The zero-order chi connectivity index (χ0) is 11.4. The summed E-state index contributed by atoms with van der Waals surface area (Å²) in [5.41, 5.74) is 0.775. The van der Waals surface area contributed by atoms with E-state index >= 15 is 0 Å². The van der Waals surface area contributed by atoms with E-state index in [1.54, 1.807) is 6.07 Å². The summed E-state index contributed by atoms with van der Waals surface area (Å²) in [5.74, 6) is -1.19. The van der Waals surface area contributed by atoms with Crippen molar-refractivity contribution < 1.29 is 9.90 Å². The van der Waals surface area contributed by atoms with Crippen LogP contribution in [0.4, 0.5) is 0 Å². The molecule has 1 rings (SSSR count). The lowest BCUT2D eigenvalue weighted by atomic mass is 10.0. The molecule has 0 bridgehead atoms. The van der Waals surface area contributed by atoms with E-state index in [2.05, 4.69) is 18.1 Å². The summed E-state index contributed by atoms with van der Waals surface area (Å²) in [6.07, 6.45) is 2.85. The monoisotopic (exact) mass is 200 g/mol. The summed E-state index contributed by atoms with van der Waals surface area (Å²) in [7, 11) is 0. The molecule has 74 valence electrons. The first-order chi connectivity index (χ1) is 7.13. The van der Waals surface area contributed by atoms with Gasteiger partial charge in [-0.15, -0.1) is 0 Å². The van der Waals surface area contributed by atoms with Crippen LogP contribution in [0.3, 0.4) is 0 Å². The van der Waals surface area contributed by atoms with Crippen LogP contribution in [0, 0.1) is 11.3 Å². The number of nitriles is 1. The molecule has 4 heteroatoms. The molecule has 1 heterocycles. The zero-order valence-electron chi connectivity index (χ0n) is 7.90. The first-order valence-corrected chi connectivity index (χ1v) is 4.07. The Labute approximate surface area is 86.8 Å². The van der Waals surface area contributed by atoms with Crippen molar-refractivity contribution in [3.63, 3.8) is 0 Å². The van der Waals surface area contributed by atoms with Crippen LogP contribution in [-0.2, 0) is 0 Å². The molecule has 0 fully saturated rings. The molecule has 0 aliphatic heterocycles. The second-order valence-corrected chi connectivity index (χ2v) is 2.68. The van der Waals surface area contributed by atoms with Gasteiger partial charge in [0.1, 0.15) is 11.8 Å². The van der Waals surface area contributed by atoms with Crippen LogP contribution in [-0.4, -0.2) is 16.1 Å². The highest BCUT2D eigenvalue weighted by atomic mass is 16.4. The zero-order valence-corrected chi connectivity index (χ0v) is 7.90. The number of rotatable bonds is 3. The van der Waals surface area contributed by atoms with E-state index in [1.165, 1.54) is 18.2 Å². The molecule has 4 nitrogen and oxygen atoms in total. The molecule has 1 aromatic rings. The van der Waals surface area contributed by atoms with Gasteiger partial charge in [-0.3, -0.25) is 0 Å². The van der Waals surface area contributed by atoms with Crippen molar-refractivity contribution in [1.82, 2.24) is 4.98 Å². The molecule has 15 heavy (non-hydrogen) atoms. The molecular weight excluding hydrogens is 192 g/mol. The molecule has 0 aliphatic rings. The number of hydrogen-bond donors (Lipinski definition) is 1. The van der Waals surface area contributed by atoms with Crippen LogP contribution in [0.1, 0.15) is 27.3 Å². The van der Waals surface area contributed by atoms with Crippen LogP contribution < -0.4 is 0 Å². The molecule has 0 aromatic carbocycles. The van der Waals surface area contributed by atoms with Crippen LogP contribution in [0.5, 0.6) is 0 Å². The van der Waals surface area contributed by atoms with Crippen molar-refractivity contribution >= 4 is 18.1 Å². The smallest absolute Gasteiger partial charge is 0.355 e. The molecule has 1 aromatic heterocycles. The van der Waals surface area contributed by atoms with Gasteiger partial charge in [0.25, 0.3) is 0 Å². The maximum atomic E-state index is 10.9. The standard InChI is InChI=1S/C11H8N2O2/c1-3-7-5-8(6-12)13-10(11(14)15)9(7)4-2/h3-5H,1-2H2,(H,14,15). The molecule has 0 amide bonds. The number of carboxylic acid groups (broad SMARTS) is 1. The van der Waals surface area contributed by atoms with Crippen molar-refractivity contribution in [1.29, 1.82) is 5.26 Å². The number of hydrogen-bond acceptors (Lipinski definition) is 3. The van der Waals surface area contributed by atoms with Gasteiger partial charge in [-0.2, -0.15) is 5.26 Å². The second kappa shape index (κ2) is 4.20. The fourth-order valence-electron chi connectivity index (χ4n) is 1.18. The van der Waals surface area contributed by atoms with Crippen LogP contribution in [0.2, 0.25) is 0 Å². The van der Waals surface area contributed by atoms with Crippen LogP contribution in [0.15, 0.2) is 19.2 Å². The van der Waals surface area contributed by atoms with Crippen molar-refractivity contribution in [2.24, 2.45) is 0 Å². The fraction of sp³-hybridized carbons (Fsp3) is 0. The van der Waals surface area contributed by atoms with E-state index in [0.29, 0.717) is 11.1 Å². The maximum absolute atomic E-state index is 10.9. The van der Waals surface area contributed by atoms with Crippen molar-refractivity contribution in [3.05, 3.63) is 41.7 Å². The third-order valence-electron chi connectivity index (χ3n) is 1.83. The Kier molecular flexibility index (Phi) is 2.99. The first-order valence-electron chi connectivity index (χ1n) is 4.07. The third kappa shape index (κ3) is 1.92. The minimum atomic E-state index is -1.19. The van der Waals surface area contributed by atoms with E-state index in [1.807, 2.05) is 0 Å². The Balaban J connectivity index is 3.61. The van der Waals surface area contributed by atoms with E-state index in [9.17, 15) is 4.79 Å². The van der Waals surface area contributed by atoms with Gasteiger partial charge in [0.2, 0.25) is 0 Å². The lowest BCUT2D eigenvalue weighted by Crippen LogP contribution is -2.06. The van der Waals surface area contributed by atoms with E-state index in [-0.39, 0.29) is 11.4 Å². The van der Waals surface area contributed by atoms with Gasteiger partial charge in [0.05, 0.1) is 0 Å². The SMILES string of the molecule is C=Cc1cc(C#N)nc(C(=O)O)c1C=C. The highest BCUT2D eigenvalue weighted by Crippen LogP contribution is 2.17. The van der Waals surface area contributed by atoms with Gasteiger partial charge >= 0.3 is 5.97 Å². The lowest BCUT2D eigenvalue weighted by Gasteiger charge is -2.04. The topological polar surface area (TPSA) is 74.0 Å². The average Bonchev–Trinajstić information content (AvgIpc) is 2.26. The second-order valence-electron chi connectivity index (χ2n) is 2.68. The van der Waals surface area contributed by atoms with Crippen molar-refractivity contribution in [2.45, 2.75) is 0 Å². The summed E-state index contributed by atoms with van der Waals surface area (Å²) in [5, 5.41) is 17.5. The minimum Gasteiger partial charge on any atom is -0.476 e. The Bertz CT molecular complexity index is 484. The normalized spacial score (nSPS) is 9.00. The third-order valence-corrected chi connectivity index (χ3v) is 1.83. The Morgan fingerprint density at radius 2 is 2.20 bits per heavy atom. The van der Waals surface area contributed by atoms with E-state index in [4.69, 9.17) is 10.4 Å². The fourth-order valence-corrected chi connectivity index (χ4v) is 1.18. The molecule has 1 N–H and O–H groups in total. The number of aromatic nitrogens is 1.